The van der Waals surface area contributed by atoms with Crippen LogP contribution in [0.3, 0.4) is 0 Å². The summed E-state index contributed by atoms with van der Waals surface area (Å²) in [5.74, 6) is 0.566. The van der Waals surface area contributed by atoms with E-state index in [9.17, 15) is 8.42 Å². The van der Waals surface area contributed by atoms with Gasteiger partial charge in [0.15, 0.2) is 9.84 Å². The summed E-state index contributed by atoms with van der Waals surface area (Å²) in [4.78, 5) is 0.396. The molecule has 0 atom stereocenters. The van der Waals surface area contributed by atoms with Gasteiger partial charge in [-0.25, -0.2) is 8.42 Å². The lowest BCUT2D eigenvalue weighted by Gasteiger charge is -2.07. The lowest BCUT2D eigenvalue weighted by atomic mass is 10.0. The maximum atomic E-state index is 11.6. The van der Waals surface area contributed by atoms with Crippen LogP contribution in [0.1, 0.15) is 30.0 Å². The van der Waals surface area contributed by atoms with Crippen LogP contribution in [0.2, 0.25) is 0 Å². The van der Waals surface area contributed by atoms with E-state index in [-0.39, 0.29) is 0 Å². The Morgan fingerprint density at radius 1 is 1.32 bits per heavy atom. The molecule has 0 aliphatic heterocycles. The third-order valence-electron chi connectivity index (χ3n) is 3.52. The zero-order chi connectivity index (χ0) is 13.6. The number of rotatable bonds is 3. The summed E-state index contributed by atoms with van der Waals surface area (Å²) in [5.41, 5.74) is 4.00. The van der Waals surface area contributed by atoms with Gasteiger partial charge in [-0.1, -0.05) is 12.1 Å². The second kappa shape index (κ2) is 4.20. The molecule has 0 bridgehead atoms. The normalized spacial score (nSPS) is 15.7. The van der Waals surface area contributed by atoms with E-state index in [0.29, 0.717) is 10.8 Å². The molecule has 1 aliphatic rings. The van der Waals surface area contributed by atoms with Crippen LogP contribution in [0.5, 0.6) is 0 Å². The average molecular weight is 276 g/mol. The second-order valence-corrected chi connectivity index (χ2v) is 7.20. The van der Waals surface area contributed by atoms with Crippen molar-refractivity contribution >= 4 is 9.84 Å². The Bertz CT molecular complexity index is 728. The summed E-state index contributed by atoms with van der Waals surface area (Å²) in [6.07, 6.45) is 5.52. The predicted octanol–water partition coefficient (Wildman–Crippen LogP) is 2.67. The van der Waals surface area contributed by atoms with Gasteiger partial charge in [-0.05, 0) is 37.0 Å². The van der Waals surface area contributed by atoms with Crippen molar-refractivity contribution in [3.63, 3.8) is 0 Å². The highest BCUT2D eigenvalue weighted by atomic mass is 32.2. The standard InChI is InChI=1S/C14H16N2O2S/c1-9-7-11(5-6-13(9)19(2,17)18)12-8-15-16-14(12)10-3-4-10/h5-8,10H,3-4H2,1-2H3,(H,15,16). The fraction of sp³-hybridized carbons (Fsp3) is 0.357. The number of aryl methyl sites for hydroxylation is 1. The fourth-order valence-corrected chi connectivity index (χ4v) is 3.39. The highest BCUT2D eigenvalue weighted by Crippen LogP contribution is 2.43. The minimum Gasteiger partial charge on any atom is -0.285 e. The molecule has 0 radical (unpaired) electrons. The van der Waals surface area contributed by atoms with Gasteiger partial charge in [-0.3, -0.25) is 5.10 Å². The van der Waals surface area contributed by atoms with E-state index in [1.807, 2.05) is 25.3 Å². The molecular formula is C14H16N2O2S. The van der Waals surface area contributed by atoms with Crippen LogP contribution in [-0.4, -0.2) is 24.9 Å². The predicted molar refractivity (Wildman–Crippen MR) is 73.8 cm³/mol. The number of hydrogen-bond donors (Lipinski definition) is 1. The van der Waals surface area contributed by atoms with Crippen molar-refractivity contribution < 1.29 is 8.42 Å². The molecule has 100 valence electrons. The smallest absolute Gasteiger partial charge is 0.175 e. The molecule has 5 heteroatoms. The first kappa shape index (κ1) is 12.4. The van der Waals surface area contributed by atoms with E-state index in [2.05, 4.69) is 10.2 Å². The first-order valence-electron chi connectivity index (χ1n) is 6.31. The summed E-state index contributed by atoms with van der Waals surface area (Å²) in [7, 11) is -3.16. The molecule has 0 spiro atoms. The van der Waals surface area contributed by atoms with Gasteiger partial charge in [-0.2, -0.15) is 5.10 Å². The molecule has 0 saturated heterocycles. The van der Waals surface area contributed by atoms with E-state index in [1.54, 1.807) is 6.07 Å². The Hall–Kier alpha value is -1.62. The summed E-state index contributed by atoms with van der Waals surface area (Å²) < 4.78 is 23.2. The van der Waals surface area contributed by atoms with Crippen LogP contribution in [0.25, 0.3) is 11.1 Å². The van der Waals surface area contributed by atoms with Crippen molar-refractivity contribution in [1.82, 2.24) is 10.2 Å². The molecule has 19 heavy (non-hydrogen) atoms. The van der Waals surface area contributed by atoms with Crippen LogP contribution >= 0.6 is 0 Å². The van der Waals surface area contributed by atoms with Crippen molar-refractivity contribution in [3.8, 4) is 11.1 Å². The quantitative estimate of drug-likeness (QED) is 0.937. The molecule has 1 heterocycles. The second-order valence-electron chi connectivity index (χ2n) is 5.21. The third-order valence-corrected chi connectivity index (χ3v) is 4.78. The van der Waals surface area contributed by atoms with Crippen molar-refractivity contribution in [3.05, 3.63) is 35.7 Å². The van der Waals surface area contributed by atoms with Crippen LogP contribution < -0.4 is 0 Å². The molecule has 1 aromatic carbocycles. The highest BCUT2D eigenvalue weighted by Gasteiger charge is 2.28. The van der Waals surface area contributed by atoms with Crippen molar-refractivity contribution in [2.75, 3.05) is 6.26 Å². The van der Waals surface area contributed by atoms with Crippen molar-refractivity contribution in [2.24, 2.45) is 0 Å². The Kier molecular flexibility index (Phi) is 2.74. The monoisotopic (exact) mass is 276 g/mol. The largest absolute Gasteiger partial charge is 0.285 e. The Morgan fingerprint density at radius 2 is 2.05 bits per heavy atom. The van der Waals surface area contributed by atoms with Gasteiger partial charge < -0.3 is 0 Å². The third kappa shape index (κ3) is 2.30. The number of nitrogens with one attached hydrogen (secondary N) is 1. The lowest BCUT2D eigenvalue weighted by Crippen LogP contribution is -2.00. The van der Waals surface area contributed by atoms with E-state index in [4.69, 9.17) is 0 Å². The zero-order valence-electron chi connectivity index (χ0n) is 11.0. The number of H-pyrrole nitrogens is 1. The molecule has 1 saturated carbocycles. The fourth-order valence-electron chi connectivity index (χ4n) is 2.43. The maximum Gasteiger partial charge on any atom is 0.175 e. The van der Waals surface area contributed by atoms with Gasteiger partial charge in [0.1, 0.15) is 0 Å². The molecule has 1 aromatic heterocycles. The molecule has 1 N–H and O–H groups in total. The van der Waals surface area contributed by atoms with E-state index in [0.717, 1.165) is 22.4 Å². The van der Waals surface area contributed by atoms with E-state index in [1.165, 1.54) is 19.1 Å². The number of hydrogen-bond acceptors (Lipinski definition) is 3. The van der Waals surface area contributed by atoms with Crippen molar-refractivity contribution in [1.29, 1.82) is 0 Å². The maximum absolute atomic E-state index is 11.6. The molecule has 1 aliphatic carbocycles. The van der Waals surface area contributed by atoms with Crippen LogP contribution in [0, 0.1) is 6.92 Å². The molecule has 0 amide bonds. The van der Waals surface area contributed by atoms with Gasteiger partial charge in [-0.15, -0.1) is 0 Å². The number of sulfone groups is 1. The summed E-state index contributed by atoms with van der Waals surface area (Å²) in [5, 5.41) is 7.23. The number of aromatic amines is 1. The average Bonchev–Trinajstić information content (AvgIpc) is 3.05. The highest BCUT2D eigenvalue weighted by molar-refractivity contribution is 7.90. The van der Waals surface area contributed by atoms with Gasteiger partial charge in [0.2, 0.25) is 0 Å². The Balaban J connectivity index is 2.07. The van der Waals surface area contributed by atoms with Gasteiger partial charge in [0, 0.05) is 23.9 Å². The molecule has 3 rings (SSSR count). The SMILES string of the molecule is Cc1cc(-c2c[nH]nc2C2CC2)ccc1S(C)(=O)=O. The first-order chi connectivity index (χ1) is 8.97. The zero-order valence-corrected chi connectivity index (χ0v) is 11.8. The van der Waals surface area contributed by atoms with E-state index < -0.39 is 9.84 Å². The number of benzene rings is 1. The van der Waals surface area contributed by atoms with Crippen molar-refractivity contribution in [2.45, 2.75) is 30.6 Å². The molecular weight excluding hydrogens is 260 g/mol. The molecule has 4 nitrogen and oxygen atoms in total. The Labute approximate surface area is 112 Å². The lowest BCUT2D eigenvalue weighted by molar-refractivity contribution is 0.601. The molecule has 1 fully saturated rings. The minimum absolute atomic E-state index is 0.396. The van der Waals surface area contributed by atoms with E-state index >= 15 is 0 Å². The summed E-state index contributed by atoms with van der Waals surface area (Å²) in [6.45, 7) is 1.83. The van der Waals surface area contributed by atoms with Gasteiger partial charge in [0.25, 0.3) is 0 Å². The van der Waals surface area contributed by atoms with Gasteiger partial charge in [0.05, 0.1) is 10.6 Å². The first-order valence-corrected chi connectivity index (χ1v) is 8.20. The Morgan fingerprint density at radius 3 is 2.63 bits per heavy atom. The van der Waals surface area contributed by atoms with Gasteiger partial charge >= 0.3 is 0 Å². The molecule has 0 unspecified atom stereocenters. The summed E-state index contributed by atoms with van der Waals surface area (Å²) in [6, 6.07) is 5.47. The van der Waals surface area contributed by atoms with Crippen LogP contribution in [0.15, 0.2) is 29.3 Å². The number of nitrogens with zero attached hydrogens (tertiary/aromatic N) is 1. The van der Waals surface area contributed by atoms with Crippen LogP contribution in [0.4, 0.5) is 0 Å². The minimum atomic E-state index is -3.16. The summed E-state index contributed by atoms with van der Waals surface area (Å²) >= 11 is 0. The topological polar surface area (TPSA) is 62.8 Å². The van der Waals surface area contributed by atoms with Crippen LogP contribution in [-0.2, 0) is 9.84 Å². The number of aromatic nitrogens is 2. The molecule has 2 aromatic rings.